The zero-order chi connectivity index (χ0) is 11.4. The molecule has 0 N–H and O–H groups in total. The van der Waals surface area contributed by atoms with Crippen LogP contribution >= 0.6 is 0 Å². The van der Waals surface area contributed by atoms with Gasteiger partial charge in [-0.05, 0) is 16.7 Å². The van der Waals surface area contributed by atoms with Gasteiger partial charge in [-0.25, -0.2) is 9.90 Å². The minimum absolute atomic E-state index is 0.0505. The Morgan fingerprint density at radius 3 is 2.19 bits per heavy atom. The summed E-state index contributed by atoms with van der Waals surface area (Å²) in [6.45, 7) is 0. The van der Waals surface area contributed by atoms with E-state index in [-0.39, 0.29) is 6.42 Å². The molecule has 0 aliphatic carbocycles. The average Bonchev–Trinajstić information content (AvgIpc) is 2.30. The van der Waals surface area contributed by atoms with Crippen LogP contribution in [0.1, 0.15) is 5.56 Å². The Labute approximate surface area is 94.2 Å². The summed E-state index contributed by atoms with van der Waals surface area (Å²) < 4.78 is 0. The normalized spacial score (nSPS) is 10.0. The molecule has 0 atom stereocenters. The van der Waals surface area contributed by atoms with E-state index in [0.717, 1.165) is 16.7 Å². The molecule has 2 nitrogen and oxygen atoms in total. The number of benzene rings is 2. The van der Waals surface area contributed by atoms with Crippen molar-refractivity contribution in [1.82, 2.24) is 0 Å². The Bertz CT molecular complexity index is 489. The highest BCUT2D eigenvalue weighted by atomic mass is 16.4. The quantitative estimate of drug-likeness (QED) is 0.769. The highest BCUT2D eigenvalue weighted by molar-refractivity contribution is 5.76. The lowest BCUT2D eigenvalue weighted by Gasteiger charge is -2.06. The van der Waals surface area contributed by atoms with Crippen LogP contribution in [0.5, 0.6) is 0 Å². The van der Waals surface area contributed by atoms with E-state index in [2.05, 4.69) is 0 Å². The summed E-state index contributed by atoms with van der Waals surface area (Å²) in [7, 11) is 0. The molecule has 2 rings (SSSR count). The van der Waals surface area contributed by atoms with E-state index in [9.17, 15) is 9.90 Å². The molecule has 1 radical (unpaired) electrons. The fraction of sp³-hybridized carbons (Fsp3) is 0.0714. The molecule has 0 aromatic heterocycles. The van der Waals surface area contributed by atoms with Crippen molar-refractivity contribution in [2.75, 3.05) is 0 Å². The molecule has 0 heterocycles. The van der Waals surface area contributed by atoms with Crippen molar-refractivity contribution in [3.8, 4) is 11.1 Å². The monoisotopic (exact) mass is 211 g/mol. The second kappa shape index (κ2) is 4.62. The van der Waals surface area contributed by atoms with E-state index >= 15 is 0 Å². The SMILES string of the molecule is [O]C(=O)Cc1ccccc1-c1ccccc1. The topological polar surface area (TPSA) is 37.0 Å². The van der Waals surface area contributed by atoms with Gasteiger partial charge in [0.2, 0.25) is 0 Å². The molecule has 79 valence electrons. The molecule has 0 saturated heterocycles. The summed E-state index contributed by atoms with van der Waals surface area (Å²) in [6, 6.07) is 17.2. The van der Waals surface area contributed by atoms with Gasteiger partial charge in [0.25, 0.3) is 0 Å². The molecular weight excluding hydrogens is 200 g/mol. The van der Waals surface area contributed by atoms with Gasteiger partial charge in [-0.15, -0.1) is 0 Å². The number of hydrogen-bond acceptors (Lipinski definition) is 1. The molecule has 0 bridgehead atoms. The molecule has 0 unspecified atom stereocenters. The van der Waals surface area contributed by atoms with Crippen LogP contribution in [0.25, 0.3) is 11.1 Å². The molecule has 0 fully saturated rings. The van der Waals surface area contributed by atoms with E-state index < -0.39 is 5.97 Å². The maximum Gasteiger partial charge on any atom is 0.359 e. The van der Waals surface area contributed by atoms with Crippen LogP contribution in [0.2, 0.25) is 0 Å². The van der Waals surface area contributed by atoms with Crippen molar-refractivity contribution < 1.29 is 9.90 Å². The summed E-state index contributed by atoms with van der Waals surface area (Å²) in [5.41, 5.74) is 2.76. The second-order valence-electron chi connectivity index (χ2n) is 3.57. The average molecular weight is 211 g/mol. The van der Waals surface area contributed by atoms with Gasteiger partial charge in [-0.3, -0.25) is 0 Å². The van der Waals surface area contributed by atoms with Gasteiger partial charge in [-0.1, -0.05) is 54.6 Å². The van der Waals surface area contributed by atoms with E-state index in [1.807, 2.05) is 54.6 Å². The lowest BCUT2D eigenvalue weighted by molar-refractivity contribution is -0.142. The molecule has 2 aromatic rings. The Kier molecular flexibility index (Phi) is 3.01. The minimum Gasteiger partial charge on any atom is -0.247 e. The zero-order valence-electron chi connectivity index (χ0n) is 8.72. The Balaban J connectivity index is 2.44. The van der Waals surface area contributed by atoms with Crippen LogP contribution < -0.4 is 0 Å². The molecule has 0 saturated carbocycles. The Hall–Kier alpha value is -2.09. The maximum atomic E-state index is 10.6. The van der Waals surface area contributed by atoms with Crippen molar-refractivity contribution in [3.63, 3.8) is 0 Å². The number of carbonyl (C=O) groups excluding carboxylic acids is 1. The smallest absolute Gasteiger partial charge is 0.247 e. The molecule has 0 spiro atoms. The summed E-state index contributed by atoms with van der Waals surface area (Å²) in [5, 5.41) is 10.6. The van der Waals surface area contributed by atoms with Gasteiger partial charge >= 0.3 is 5.97 Å². The highest BCUT2D eigenvalue weighted by Gasteiger charge is 2.08. The highest BCUT2D eigenvalue weighted by Crippen LogP contribution is 2.23. The third-order valence-corrected chi connectivity index (χ3v) is 2.44. The number of carbonyl (C=O) groups is 1. The fourth-order valence-electron chi connectivity index (χ4n) is 1.73. The fourth-order valence-corrected chi connectivity index (χ4v) is 1.73. The maximum absolute atomic E-state index is 10.6. The van der Waals surface area contributed by atoms with Gasteiger partial charge in [0.15, 0.2) is 0 Å². The molecule has 0 aliphatic rings. The summed E-state index contributed by atoms with van der Waals surface area (Å²) in [4.78, 5) is 10.6. The largest absolute Gasteiger partial charge is 0.359 e. The van der Waals surface area contributed by atoms with Crippen LogP contribution in [-0.2, 0) is 16.3 Å². The first-order valence-corrected chi connectivity index (χ1v) is 5.10. The predicted molar refractivity (Wildman–Crippen MR) is 61.3 cm³/mol. The van der Waals surface area contributed by atoms with Crippen molar-refractivity contribution in [2.24, 2.45) is 0 Å². The second-order valence-corrected chi connectivity index (χ2v) is 3.57. The number of hydrogen-bond donors (Lipinski definition) is 0. The van der Waals surface area contributed by atoms with Crippen LogP contribution in [0.4, 0.5) is 0 Å². The third kappa shape index (κ3) is 2.28. The van der Waals surface area contributed by atoms with Crippen molar-refractivity contribution in [2.45, 2.75) is 6.42 Å². The van der Waals surface area contributed by atoms with Gasteiger partial charge in [0.05, 0.1) is 6.42 Å². The minimum atomic E-state index is -1.05. The van der Waals surface area contributed by atoms with E-state index in [4.69, 9.17) is 0 Å². The molecule has 0 aliphatic heterocycles. The first-order chi connectivity index (χ1) is 7.77. The van der Waals surface area contributed by atoms with E-state index in [1.54, 1.807) is 0 Å². The lowest BCUT2D eigenvalue weighted by atomic mass is 9.98. The first-order valence-electron chi connectivity index (χ1n) is 5.10. The number of rotatable bonds is 3. The standard InChI is InChI=1S/C14H11O2/c15-14(16)10-12-8-4-5-9-13(12)11-6-2-1-3-7-11/h1-9H,10H2. The van der Waals surface area contributed by atoms with Gasteiger partial charge in [0, 0.05) is 0 Å². The molecule has 0 amide bonds. The predicted octanol–water partition coefficient (Wildman–Crippen LogP) is 2.85. The van der Waals surface area contributed by atoms with E-state index in [0.29, 0.717) is 0 Å². The van der Waals surface area contributed by atoms with Gasteiger partial charge in [-0.2, -0.15) is 0 Å². The molecular formula is C14H11O2. The zero-order valence-corrected chi connectivity index (χ0v) is 8.72. The summed E-state index contributed by atoms with van der Waals surface area (Å²) >= 11 is 0. The molecule has 2 aromatic carbocycles. The van der Waals surface area contributed by atoms with Gasteiger partial charge < -0.3 is 0 Å². The van der Waals surface area contributed by atoms with E-state index in [1.165, 1.54) is 0 Å². The first kappa shape index (κ1) is 10.4. The molecule has 16 heavy (non-hydrogen) atoms. The van der Waals surface area contributed by atoms with Crippen molar-refractivity contribution >= 4 is 5.97 Å². The Morgan fingerprint density at radius 1 is 0.875 bits per heavy atom. The van der Waals surface area contributed by atoms with Crippen molar-refractivity contribution in [1.29, 1.82) is 0 Å². The van der Waals surface area contributed by atoms with Crippen LogP contribution in [0.3, 0.4) is 0 Å². The van der Waals surface area contributed by atoms with Crippen LogP contribution in [0.15, 0.2) is 54.6 Å². The third-order valence-electron chi connectivity index (χ3n) is 2.44. The summed E-state index contributed by atoms with van der Waals surface area (Å²) in [5.74, 6) is -1.05. The lowest BCUT2D eigenvalue weighted by Crippen LogP contribution is -2.00. The van der Waals surface area contributed by atoms with Crippen LogP contribution in [-0.4, -0.2) is 5.97 Å². The Morgan fingerprint density at radius 2 is 1.50 bits per heavy atom. The molecule has 2 heteroatoms. The summed E-state index contributed by atoms with van der Waals surface area (Å²) in [6.07, 6.45) is -0.0505. The van der Waals surface area contributed by atoms with Crippen LogP contribution in [0, 0.1) is 0 Å². The van der Waals surface area contributed by atoms with Gasteiger partial charge in [0.1, 0.15) is 0 Å². The van der Waals surface area contributed by atoms with Crippen molar-refractivity contribution in [3.05, 3.63) is 60.2 Å².